The number of carbonyl (C=O) groups is 1. The highest BCUT2D eigenvalue weighted by Crippen LogP contribution is 2.39. The fourth-order valence-electron chi connectivity index (χ4n) is 2.00. The molecule has 0 unspecified atom stereocenters. The lowest BCUT2D eigenvalue weighted by atomic mass is 10.1. The Hall–Kier alpha value is -0.916. The second-order valence-electron chi connectivity index (χ2n) is 10.2. The molecule has 0 amide bonds. The standard InChI is InChI=1S/C21H38O3Si2/c1-20(2,3)25(7,8)23-18(16-17-14-12-11-13-15-17)19(22)24-26(9,10)21(4,5)6/h11-15,18H,16H2,1-10H3/t18-/m0/s1. The second kappa shape index (κ2) is 7.99. The lowest BCUT2D eigenvalue weighted by Crippen LogP contribution is -2.50. The van der Waals surface area contributed by atoms with Crippen molar-refractivity contribution >= 4 is 22.6 Å². The molecule has 0 aromatic heterocycles. The summed E-state index contributed by atoms with van der Waals surface area (Å²) in [5.41, 5.74) is 1.10. The Labute approximate surface area is 162 Å². The van der Waals surface area contributed by atoms with E-state index in [4.69, 9.17) is 8.85 Å². The molecular weight excluding hydrogens is 356 g/mol. The Morgan fingerprint density at radius 3 is 1.77 bits per heavy atom. The summed E-state index contributed by atoms with van der Waals surface area (Å²) in [5, 5.41) is 0.0239. The normalized spacial score (nSPS) is 14.8. The summed E-state index contributed by atoms with van der Waals surface area (Å²) < 4.78 is 12.6. The first-order valence-electron chi connectivity index (χ1n) is 9.51. The van der Waals surface area contributed by atoms with Crippen LogP contribution in [0.2, 0.25) is 36.3 Å². The topological polar surface area (TPSA) is 35.5 Å². The van der Waals surface area contributed by atoms with Crippen molar-refractivity contribution in [2.24, 2.45) is 0 Å². The van der Waals surface area contributed by atoms with Gasteiger partial charge in [-0.05, 0) is 41.8 Å². The van der Waals surface area contributed by atoms with Gasteiger partial charge < -0.3 is 8.85 Å². The van der Waals surface area contributed by atoms with E-state index < -0.39 is 22.7 Å². The molecule has 0 aliphatic rings. The molecule has 0 saturated heterocycles. The highest BCUT2D eigenvalue weighted by molar-refractivity contribution is 6.76. The minimum atomic E-state index is -2.18. The van der Waals surface area contributed by atoms with E-state index in [1.807, 2.05) is 30.3 Å². The molecule has 0 radical (unpaired) electrons. The highest BCUT2D eigenvalue weighted by Gasteiger charge is 2.45. The molecule has 0 aliphatic heterocycles. The third-order valence-corrected chi connectivity index (χ3v) is 14.7. The molecule has 1 rings (SSSR count). The average molecular weight is 395 g/mol. The summed E-state index contributed by atoms with van der Waals surface area (Å²) >= 11 is 0. The minimum Gasteiger partial charge on any atom is -0.517 e. The molecule has 148 valence electrons. The van der Waals surface area contributed by atoms with Crippen LogP contribution in [-0.2, 0) is 20.1 Å². The Bertz CT molecular complexity index is 596. The molecule has 1 atom stereocenters. The molecule has 0 spiro atoms. The first kappa shape index (κ1) is 23.1. The third kappa shape index (κ3) is 6.06. The zero-order valence-corrected chi connectivity index (χ0v) is 20.4. The number of benzene rings is 1. The van der Waals surface area contributed by atoms with Crippen molar-refractivity contribution in [2.75, 3.05) is 0 Å². The Balaban J connectivity index is 3.09. The summed E-state index contributed by atoms with van der Waals surface area (Å²) in [7, 11) is -4.27. The van der Waals surface area contributed by atoms with Gasteiger partial charge >= 0.3 is 5.97 Å². The summed E-state index contributed by atoms with van der Waals surface area (Å²) in [5.74, 6) is -0.203. The molecule has 5 heteroatoms. The molecule has 3 nitrogen and oxygen atoms in total. The monoisotopic (exact) mass is 394 g/mol. The van der Waals surface area contributed by atoms with E-state index in [2.05, 4.69) is 67.7 Å². The van der Waals surface area contributed by atoms with Crippen LogP contribution in [0.5, 0.6) is 0 Å². The van der Waals surface area contributed by atoms with Crippen LogP contribution >= 0.6 is 0 Å². The van der Waals surface area contributed by atoms with Gasteiger partial charge in [0, 0.05) is 6.42 Å². The number of hydrogen-bond acceptors (Lipinski definition) is 3. The molecule has 0 aliphatic carbocycles. The largest absolute Gasteiger partial charge is 0.517 e. The molecule has 0 bridgehead atoms. The lowest BCUT2D eigenvalue weighted by Gasteiger charge is -2.41. The first-order chi connectivity index (χ1) is 11.6. The Kier molecular flexibility index (Phi) is 7.10. The SMILES string of the molecule is CC(C)(C)[Si](C)(C)OC(=O)[C@H](Cc1ccccc1)O[Si](C)(C)C(C)(C)C. The van der Waals surface area contributed by atoms with Gasteiger partial charge in [0.05, 0.1) is 0 Å². The van der Waals surface area contributed by atoms with Crippen molar-refractivity contribution in [3.8, 4) is 0 Å². The van der Waals surface area contributed by atoms with Gasteiger partial charge in [-0.15, -0.1) is 0 Å². The summed E-state index contributed by atoms with van der Waals surface area (Å²) in [6, 6.07) is 10.1. The molecule has 0 saturated carbocycles. The van der Waals surface area contributed by atoms with E-state index in [0.29, 0.717) is 6.42 Å². The fraction of sp³-hybridized carbons (Fsp3) is 0.667. The van der Waals surface area contributed by atoms with Gasteiger partial charge in [0.25, 0.3) is 8.32 Å². The van der Waals surface area contributed by atoms with Crippen molar-refractivity contribution < 1.29 is 13.6 Å². The molecule has 0 heterocycles. The molecule has 1 aromatic rings. The maximum Gasteiger partial charge on any atom is 0.321 e. The van der Waals surface area contributed by atoms with Gasteiger partial charge in [-0.2, -0.15) is 0 Å². The van der Waals surface area contributed by atoms with Crippen molar-refractivity contribution in [1.82, 2.24) is 0 Å². The van der Waals surface area contributed by atoms with Crippen LogP contribution in [0.4, 0.5) is 0 Å². The van der Waals surface area contributed by atoms with Crippen LogP contribution in [0, 0.1) is 0 Å². The van der Waals surface area contributed by atoms with Crippen LogP contribution in [0.3, 0.4) is 0 Å². The minimum absolute atomic E-state index is 0.0169. The molecule has 26 heavy (non-hydrogen) atoms. The van der Waals surface area contributed by atoms with Crippen LogP contribution in [0.1, 0.15) is 47.1 Å². The zero-order valence-electron chi connectivity index (χ0n) is 18.4. The first-order valence-corrected chi connectivity index (χ1v) is 15.3. The molecular formula is C21H38O3Si2. The van der Waals surface area contributed by atoms with E-state index in [0.717, 1.165) is 5.56 Å². The van der Waals surface area contributed by atoms with Crippen LogP contribution in [0.15, 0.2) is 30.3 Å². The zero-order chi connectivity index (χ0) is 20.4. The second-order valence-corrected chi connectivity index (χ2v) is 19.7. The van der Waals surface area contributed by atoms with E-state index in [1.54, 1.807) is 0 Å². The van der Waals surface area contributed by atoms with Gasteiger partial charge in [0.15, 0.2) is 8.32 Å². The average Bonchev–Trinajstić information content (AvgIpc) is 2.44. The van der Waals surface area contributed by atoms with E-state index in [9.17, 15) is 4.79 Å². The van der Waals surface area contributed by atoms with Gasteiger partial charge in [0.1, 0.15) is 6.10 Å². The number of carbonyl (C=O) groups excluding carboxylic acids is 1. The van der Waals surface area contributed by atoms with Crippen molar-refractivity contribution in [3.63, 3.8) is 0 Å². The smallest absolute Gasteiger partial charge is 0.321 e. The maximum atomic E-state index is 13.1. The quantitative estimate of drug-likeness (QED) is 0.541. The van der Waals surface area contributed by atoms with E-state index in [1.165, 1.54) is 0 Å². The summed E-state index contributed by atoms with van der Waals surface area (Å²) in [6.45, 7) is 21.6. The van der Waals surface area contributed by atoms with Gasteiger partial charge in [0.2, 0.25) is 0 Å². The molecule has 0 fully saturated rings. The molecule has 0 N–H and O–H groups in total. The third-order valence-electron chi connectivity index (χ3n) is 5.93. The van der Waals surface area contributed by atoms with Crippen LogP contribution in [-0.4, -0.2) is 28.7 Å². The maximum absolute atomic E-state index is 13.1. The van der Waals surface area contributed by atoms with Crippen molar-refractivity contribution in [3.05, 3.63) is 35.9 Å². The molecule has 1 aromatic carbocycles. The van der Waals surface area contributed by atoms with Gasteiger partial charge in [-0.25, -0.2) is 0 Å². The fourth-order valence-corrected chi connectivity index (χ4v) is 4.19. The summed E-state index contributed by atoms with van der Waals surface area (Å²) in [4.78, 5) is 13.1. The van der Waals surface area contributed by atoms with E-state index >= 15 is 0 Å². The van der Waals surface area contributed by atoms with Crippen LogP contribution in [0.25, 0.3) is 0 Å². The van der Waals surface area contributed by atoms with Crippen LogP contribution < -0.4 is 0 Å². The number of rotatable bonds is 6. The predicted octanol–water partition coefficient (Wildman–Crippen LogP) is 6.17. The van der Waals surface area contributed by atoms with Crippen molar-refractivity contribution in [2.45, 2.75) is 90.3 Å². The Morgan fingerprint density at radius 1 is 0.885 bits per heavy atom. The van der Waals surface area contributed by atoms with Gasteiger partial charge in [-0.3, -0.25) is 4.79 Å². The lowest BCUT2D eigenvalue weighted by molar-refractivity contribution is -0.144. The van der Waals surface area contributed by atoms with Crippen molar-refractivity contribution in [1.29, 1.82) is 0 Å². The van der Waals surface area contributed by atoms with E-state index in [-0.39, 0.29) is 16.0 Å². The number of hydrogen-bond donors (Lipinski definition) is 0. The Morgan fingerprint density at radius 2 is 1.35 bits per heavy atom. The predicted molar refractivity (Wildman–Crippen MR) is 116 cm³/mol. The van der Waals surface area contributed by atoms with Gasteiger partial charge in [-0.1, -0.05) is 71.9 Å². The highest BCUT2D eigenvalue weighted by atomic mass is 28.4. The summed E-state index contributed by atoms with van der Waals surface area (Å²) in [6.07, 6.45) is 0.00767.